The summed E-state index contributed by atoms with van der Waals surface area (Å²) in [6, 6.07) is 8.44. The molecule has 0 N–H and O–H groups in total. The average Bonchev–Trinajstić information content (AvgIpc) is 3.28. The Kier molecular flexibility index (Phi) is 4.57. The van der Waals surface area contributed by atoms with Gasteiger partial charge >= 0.3 is 0 Å². The maximum atomic E-state index is 13.4. The van der Waals surface area contributed by atoms with E-state index in [9.17, 15) is 4.79 Å². The third kappa shape index (κ3) is 3.23. The van der Waals surface area contributed by atoms with Crippen molar-refractivity contribution in [1.82, 2.24) is 9.47 Å². The van der Waals surface area contributed by atoms with Gasteiger partial charge in [-0.25, -0.2) is 0 Å². The number of carbonyl (C=O) groups excluding carboxylic acids is 1. The number of hydrogen-bond donors (Lipinski definition) is 0. The molecule has 2 heterocycles. The van der Waals surface area contributed by atoms with Crippen LogP contribution in [0.1, 0.15) is 48.9 Å². The number of hydrogen-bond acceptors (Lipinski definition) is 3. The summed E-state index contributed by atoms with van der Waals surface area (Å²) in [4.78, 5) is 15.8. The number of ketones is 1. The Labute approximate surface area is 161 Å². The first-order chi connectivity index (χ1) is 13.3. The van der Waals surface area contributed by atoms with Crippen molar-refractivity contribution in [3.63, 3.8) is 0 Å². The molecule has 144 valence electrons. The topological polar surface area (TPSA) is 34.5 Å². The second-order valence-electron chi connectivity index (χ2n) is 8.75. The van der Waals surface area contributed by atoms with E-state index in [2.05, 4.69) is 39.9 Å². The van der Waals surface area contributed by atoms with Gasteiger partial charge in [-0.2, -0.15) is 0 Å². The van der Waals surface area contributed by atoms with Gasteiger partial charge in [0.05, 0.1) is 13.2 Å². The van der Waals surface area contributed by atoms with Crippen molar-refractivity contribution in [3.05, 3.63) is 36.0 Å². The van der Waals surface area contributed by atoms with Gasteiger partial charge in [0, 0.05) is 54.8 Å². The van der Waals surface area contributed by atoms with Gasteiger partial charge in [-0.1, -0.05) is 37.5 Å². The lowest BCUT2D eigenvalue weighted by Crippen LogP contribution is -2.38. The van der Waals surface area contributed by atoms with Gasteiger partial charge in [0.2, 0.25) is 0 Å². The fraction of sp³-hybridized carbons (Fsp3) is 0.609. The van der Waals surface area contributed by atoms with E-state index in [1.165, 1.54) is 37.6 Å². The zero-order valence-corrected chi connectivity index (χ0v) is 16.2. The molecule has 2 saturated carbocycles. The number of nitrogens with zero attached hydrogens (tertiary/aromatic N) is 2. The van der Waals surface area contributed by atoms with Crippen LogP contribution < -0.4 is 0 Å². The van der Waals surface area contributed by atoms with Crippen LogP contribution in [-0.2, 0) is 11.3 Å². The molecule has 0 radical (unpaired) electrons. The fourth-order valence-electron chi connectivity index (χ4n) is 5.42. The first-order valence-electron chi connectivity index (χ1n) is 10.7. The molecule has 0 amide bonds. The van der Waals surface area contributed by atoms with Crippen molar-refractivity contribution < 1.29 is 9.53 Å². The van der Waals surface area contributed by atoms with Crippen LogP contribution in [0.3, 0.4) is 0 Å². The summed E-state index contributed by atoms with van der Waals surface area (Å²) in [5, 5.41) is 1.14. The van der Waals surface area contributed by atoms with E-state index >= 15 is 0 Å². The molecule has 3 aliphatic rings. The predicted octanol–water partition coefficient (Wildman–Crippen LogP) is 4.13. The van der Waals surface area contributed by atoms with Crippen molar-refractivity contribution >= 4 is 16.7 Å². The van der Waals surface area contributed by atoms with Crippen molar-refractivity contribution in [3.8, 4) is 0 Å². The highest BCUT2D eigenvalue weighted by molar-refractivity contribution is 6.10. The van der Waals surface area contributed by atoms with Gasteiger partial charge in [-0.05, 0) is 30.7 Å². The highest BCUT2D eigenvalue weighted by Crippen LogP contribution is 2.62. The summed E-state index contributed by atoms with van der Waals surface area (Å²) < 4.78 is 7.75. The third-order valence-electron chi connectivity index (χ3n) is 7.17. The molecule has 1 saturated heterocycles. The van der Waals surface area contributed by atoms with Crippen LogP contribution in [0.4, 0.5) is 0 Å². The predicted molar refractivity (Wildman–Crippen MR) is 107 cm³/mol. The Hall–Kier alpha value is -1.65. The first-order valence-corrected chi connectivity index (χ1v) is 10.7. The molecule has 1 aromatic carbocycles. The average molecular weight is 367 g/mol. The Morgan fingerprint density at radius 1 is 1.07 bits per heavy atom. The van der Waals surface area contributed by atoms with Crippen LogP contribution in [0.25, 0.3) is 10.9 Å². The molecule has 2 aliphatic carbocycles. The second-order valence-corrected chi connectivity index (χ2v) is 8.75. The molecule has 4 nitrogen and oxygen atoms in total. The molecule has 1 spiro atoms. The molecule has 0 unspecified atom stereocenters. The molecular weight excluding hydrogens is 336 g/mol. The number of fused-ring (bicyclic) bond motifs is 1. The molecule has 4 heteroatoms. The Bertz CT molecular complexity index is 828. The summed E-state index contributed by atoms with van der Waals surface area (Å²) in [6.07, 6.45) is 9.76. The minimum atomic E-state index is 0.274. The van der Waals surface area contributed by atoms with Crippen molar-refractivity contribution in [2.75, 3.05) is 32.8 Å². The molecule has 0 bridgehead atoms. The number of morpholine rings is 1. The highest BCUT2D eigenvalue weighted by atomic mass is 16.5. The van der Waals surface area contributed by atoms with Crippen LogP contribution in [0.5, 0.6) is 0 Å². The van der Waals surface area contributed by atoms with Gasteiger partial charge in [0.15, 0.2) is 5.78 Å². The number of carbonyl (C=O) groups is 1. The quantitative estimate of drug-likeness (QED) is 0.747. The Morgan fingerprint density at radius 2 is 1.85 bits per heavy atom. The smallest absolute Gasteiger partial charge is 0.168 e. The summed E-state index contributed by atoms with van der Waals surface area (Å²) in [7, 11) is 0. The zero-order chi connectivity index (χ0) is 18.3. The van der Waals surface area contributed by atoms with Gasteiger partial charge < -0.3 is 9.30 Å². The van der Waals surface area contributed by atoms with E-state index in [4.69, 9.17) is 4.74 Å². The monoisotopic (exact) mass is 366 g/mol. The fourth-order valence-corrected chi connectivity index (χ4v) is 5.42. The van der Waals surface area contributed by atoms with Gasteiger partial charge in [0.25, 0.3) is 0 Å². The number of ether oxygens (including phenoxy) is 1. The van der Waals surface area contributed by atoms with E-state index in [-0.39, 0.29) is 5.92 Å². The van der Waals surface area contributed by atoms with Crippen molar-refractivity contribution in [1.29, 1.82) is 0 Å². The number of para-hydroxylation sites is 1. The summed E-state index contributed by atoms with van der Waals surface area (Å²) in [5.74, 6) is 0.675. The number of Topliss-reactive ketones (excluding diaryl/α,β-unsaturated/α-hetero) is 1. The lowest BCUT2D eigenvalue weighted by molar-refractivity contribution is 0.0365. The van der Waals surface area contributed by atoms with Crippen LogP contribution in [0, 0.1) is 11.3 Å². The van der Waals surface area contributed by atoms with E-state index < -0.39 is 0 Å². The minimum absolute atomic E-state index is 0.274. The van der Waals surface area contributed by atoms with E-state index in [1.807, 2.05) is 0 Å². The molecule has 1 atom stereocenters. The Balaban J connectivity index is 1.37. The van der Waals surface area contributed by atoms with Gasteiger partial charge in [-0.3, -0.25) is 9.69 Å². The number of aromatic nitrogens is 1. The molecule has 1 aromatic heterocycles. The standard InChI is InChI=1S/C23H30N2O2/c26-22(20-16-23(20)8-4-1-5-9-23)19-17-25(21-7-3-2-6-18(19)21)11-10-24-12-14-27-15-13-24/h2-3,6-7,17,20H,1,4-5,8-16H2/t20-/m0/s1. The zero-order valence-electron chi connectivity index (χ0n) is 16.2. The van der Waals surface area contributed by atoms with Crippen LogP contribution >= 0.6 is 0 Å². The van der Waals surface area contributed by atoms with E-state index in [0.717, 1.165) is 56.8 Å². The molecule has 5 rings (SSSR count). The van der Waals surface area contributed by atoms with E-state index in [0.29, 0.717) is 11.2 Å². The molecule has 2 aromatic rings. The number of benzene rings is 1. The van der Waals surface area contributed by atoms with Crippen molar-refractivity contribution in [2.45, 2.75) is 45.1 Å². The lowest BCUT2D eigenvalue weighted by atomic mass is 9.83. The largest absolute Gasteiger partial charge is 0.379 e. The maximum Gasteiger partial charge on any atom is 0.168 e. The normalized spacial score (nSPS) is 25.1. The Morgan fingerprint density at radius 3 is 2.67 bits per heavy atom. The lowest BCUT2D eigenvalue weighted by Gasteiger charge is -2.26. The highest BCUT2D eigenvalue weighted by Gasteiger charge is 2.57. The SMILES string of the molecule is O=C(c1cn(CCN2CCOCC2)c2ccccc12)[C@@H]1CC12CCCCC2. The second kappa shape index (κ2) is 7.06. The number of rotatable bonds is 5. The van der Waals surface area contributed by atoms with Crippen LogP contribution in [0.15, 0.2) is 30.5 Å². The van der Waals surface area contributed by atoms with Crippen LogP contribution in [-0.4, -0.2) is 48.1 Å². The first kappa shape index (κ1) is 17.4. The van der Waals surface area contributed by atoms with E-state index in [1.54, 1.807) is 0 Å². The van der Waals surface area contributed by atoms with Gasteiger partial charge in [0.1, 0.15) is 0 Å². The summed E-state index contributed by atoms with van der Waals surface area (Å²) >= 11 is 0. The maximum absolute atomic E-state index is 13.4. The molecule has 3 fully saturated rings. The van der Waals surface area contributed by atoms with Gasteiger partial charge in [-0.15, -0.1) is 0 Å². The minimum Gasteiger partial charge on any atom is -0.379 e. The molecular formula is C23H30N2O2. The third-order valence-corrected chi connectivity index (χ3v) is 7.17. The van der Waals surface area contributed by atoms with Crippen LogP contribution in [0.2, 0.25) is 0 Å². The summed E-state index contributed by atoms with van der Waals surface area (Å²) in [6.45, 7) is 5.64. The van der Waals surface area contributed by atoms with Crippen molar-refractivity contribution in [2.24, 2.45) is 11.3 Å². The summed E-state index contributed by atoms with van der Waals surface area (Å²) in [5.41, 5.74) is 2.51. The molecule has 27 heavy (non-hydrogen) atoms. The molecule has 1 aliphatic heterocycles.